The van der Waals surface area contributed by atoms with Gasteiger partial charge >= 0.3 is 0 Å². The zero-order valence-corrected chi connectivity index (χ0v) is 9.79. The highest BCUT2D eigenvalue weighted by Crippen LogP contribution is 2.21. The van der Waals surface area contributed by atoms with Crippen LogP contribution in [-0.2, 0) is 4.79 Å². The van der Waals surface area contributed by atoms with Gasteiger partial charge in [-0.25, -0.2) is 0 Å². The Hall–Kier alpha value is -1.95. The fourth-order valence-electron chi connectivity index (χ4n) is 1.48. The van der Waals surface area contributed by atoms with Gasteiger partial charge in [0, 0.05) is 31.6 Å². The van der Waals surface area contributed by atoms with E-state index in [0.29, 0.717) is 12.2 Å². The van der Waals surface area contributed by atoms with Crippen molar-refractivity contribution in [1.82, 2.24) is 0 Å². The van der Waals surface area contributed by atoms with Crippen molar-refractivity contribution >= 4 is 17.3 Å². The number of benzene rings is 1. The molecule has 1 amide bonds. The fraction of sp³-hybridized carbons (Fsp3) is 0.364. The molecule has 2 N–H and O–H groups in total. The van der Waals surface area contributed by atoms with Crippen molar-refractivity contribution in [2.24, 2.45) is 5.73 Å². The molecule has 1 atom stereocenters. The molecule has 0 heterocycles. The molecule has 0 aliphatic carbocycles. The molecular formula is C11H15N3O3. The molecule has 1 rings (SSSR count). The van der Waals surface area contributed by atoms with E-state index in [1.165, 1.54) is 24.0 Å². The molecule has 92 valence electrons. The summed E-state index contributed by atoms with van der Waals surface area (Å²) < 4.78 is 0. The summed E-state index contributed by atoms with van der Waals surface area (Å²) in [7, 11) is 0. The summed E-state index contributed by atoms with van der Waals surface area (Å²) >= 11 is 0. The third kappa shape index (κ3) is 3.53. The second-order valence-electron chi connectivity index (χ2n) is 3.88. The highest BCUT2D eigenvalue weighted by Gasteiger charge is 2.15. The summed E-state index contributed by atoms with van der Waals surface area (Å²) in [6.45, 7) is 3.50. The predicted octanol–water partition coefficient (Wildman–Crippen LogP) is 1.29. The van der Waals surface area contributed by atoms with Crippen LogP contribution in [0.2, 0.25) is 0 Å². The molecule has 0 bridgehead atoms. The molecule has 1 aromatic rings. The van der Waals surface area contributed by atoms with E-state index in [0.717, 1.165) is 0 Å². The van der Waals surface area contributed by atoms with Crippen molar-refractivity contribution in [2.75, 3.05) is 11.4 Å². The molecule has 0 aromatic heterocycles. The van der Waals surface area contributed by atoms with E-state index < -0.39 is 4.92 Å². The SMILES string of the molecule is CC(=O)N(CC(C)N)c1cccc([N+](=O)[O-])c1. The third-order valence-corrected chi connectivity index (χ3v) is 2.20. The van der Waals surface area contributed by atoms with E-state index in [4.69, 9.17) is 5.73 Å². The van der Waals surface area contributed by atoms with Crippen LogP contribution in [0.1, 0.15) is 13.8 Å². The minimum atomic E-state index is -0.492. The molecule has 0 aliphatic heterocycles. The number of hydrogen-bond donors (Lipinski definition) is 1. The Bertz CT molecular complexity index is 432. The summed E-state index contributed by atoms with van der Waals surface area (Å²) in [5.41, 5.74) is 6.09. The Morgan fingerprint density at radius 3 is 2.71 bits per heavy atom. The van der Waals surface area contributed by atoms with Crippen LogP contribution in [0.5, 0.6) is 0 Å². The fourth-order valence-corrected chi connectivity index (χ4v) is 1.48. The number of nitrogens with two attached hydrogens (primary N) is 1. The Kier molecular flexibility index (Phi) is 4.17. The lowest BCUT2D eigenvalue weighted by molar-refractivity contribution is -0.384. The van der Waals surface area contributed by atoms with E-state index in [9.17, 15) is 14.9 Å². The van der Waals surface area contributed by atoms with Gasteiger partial charge in [0.05, 0.1) is 10.6 Å². The topological polar surface area (TPSA) is 89.5 Å². The van der Waals surface area contributed by atoms with Crippen molar-refractivity contribution in [1.29, 1.82) is 0 Å². The van der Waals surface area contributed by atoms with Crippen LogP contribution < -0.4 is 10.6 Å². The Labute approximate surface area is 99.2 Å². The van der Waals surface area contributed by atoms with Gasteiger partial charge in [0.25, 0.3) is 5.69 Å². The van der Waals surface area contributed by atoms with Crippen LogP contribution in [-0.4, -0.2) is 23.4 Å². The van der Waals surface area contributed by atoms with Crippen molar-refractivity contribution in [2.45, 2.75) is 19.9 Å². The number of carbonyl (C=O) groups excluding carboxylic acids is 1. The van der Waals surface area contributed by atoms with Crippen LogP contribution >= 0.6 is 0 Å². The van der Waals surface area contributed by atoms with Crippen molar-refractivity contribution in [3.63, 3.8) is 0 Å². The first-order chi connectivity index (χ1) is 7.91. The molecule has 0 saturated carbocycles. The van der Waals surface area contributed by atoms with Gasteiger partial charge in [-0.3, -0.25) is 14.9 Å². The van der Waals surface area contributed by atoms with Gasteiger partial charge < -0.3 is 10.6 Å². The van der Waals surface area contributed by atoms with E-state index in [1.54, 1.807) is 19.1 Å². The van der Waals surface area contributed by atoms with E-state index >= 15 is 0 Å². The maximum atomic E-state index is 11.5. The standard InChI is InChI=1S/C11H15N3O3/c1-8(12)7-13(9(2)15)10-4-3-5-11(6-10)14(16)17/h3-6,8H,7,12H2,1-2H3. The lowest BCUT2D eigenvalue weighted by Gasteiger charge is -2.22. The van der Waals surface area contributed by atoms with Gasteiger partial charge in [-0.1, -0.05) is 6.07 Å². The molecule has 1 aromatic carbocycles. The molecule has 1 unspecified atom stereocenters. The van der Waals surface area contributed by atoms with Gasteiger partial charge in [-0.15, -0.1) is 0 Å². The first-order valence-electron chi connectivity index (χ1n) is 5.20. The monoisotopic (exact) mass is 237 g/mol. The first-order valence-corrected chi connectivity index (χ1v) is 5.20. The maximum absolute atomic E-state index is 11.5. The van der Waals surface area contributed by atoms with E-state index in [1.807, 2.05) is 0 Å². The van der Waals surface area contributed by atoms with Crippen molar-refractivity contribution in [3.05, 3.63) is 34.4 Å². The molecule has 0 spiro atoms. The molecule has 0 aliphatic rings. The van der Waals surface area contributed by atoms with Gasteiger partial charge in [-0.2, -0.15) is 0 Å². The summed E-state index contributed by atoms with van der Waals surface area (Å²) in [6, 6.07) is 5.75. The number of anilines is 1. The Morgan fingerprint density at radius 2 is 2.24 bits per heavy atom. The third-order valence-electron chi connectivity index (χ3n) is 2.20. The second kappa shape index (κ2) is 5.40. The van der Waals surface area contributed by atoms with Crippen molar-refractivity contribution in [3.8, 4) is 0 Å². The molecular weight excluding hydrogens is 222 g/mol. The van der Waals surface area contributed by atoms with Gasteiger partial charge in [-0.05, 0) is 13.0 Å². The number of hydrogen-bond acceptors (Lipinski definition) is 4. The minimum absolute atomic E-state index is 0.0431. The highest BCUT2D eigenvalue weighted by molar-refractivity contribution is 5.91. The Morgan fingerprint density at radius 1 is 1.59 bits per heavy atom. The molecule has 6 nitrogen and oxygen atoms in total. The predicted molar refractivity (Wildman–Crippen MR) is 64.8 cm³/mol. The average molecular weight is 237 g/mol. The van der Waals surface area contributed by atoms with Crippen LogP contribution in [0, 0.1) is 10.1 Å². The summed E-state index contributed by atoms with van der Waals surface area (Å²) in [4.78, 5) is 23.0. The second-order valence-corrected chi connectivity index (χ2v) is 3.88. The number of non-ortho nitro benzene ring substituents is 1. The summed E-state index contributed by atoms with van der Waals surface area (Å²) in [6.07, 6.45) is 0. The maximum Gasteiger partial charge on any atom is 0.271 e. The highest BCUT2D eigenvalue weighted by atomic mass is 16.6. The van der Waals surface area contributed by atoms with Gasteiger partial charge in [0.1, 0.15) is 0 Å². The van der Waals surface area contributed by atoms with Crippen LogP contribution in [0.15, 0.2) is 24.3 Å². The molecule has 0 radical (unpaired) electrons. The lowest BCUT2D eigenvalue weighted by Crippen LogP contribution is -2.38. The Balaban J connectivity index is 3.05. The first kappa shape index (κ1) is 13.1. The number of nitro benzene ring substituents is 1. The van der Waals surface area contributed by atoms with E-state index in [-0.39, 0.29) is 17.6 Å². The minimum Gasteiger partial charge on any atom is -0.326 e. The van der Waals surface area contributed by atoms with Crippen molar-refractivity contribution < 1.29 is 9.72 Å². The molecule has 0 saturated heterocycles. The zero-order valence-electron chi connectivity index (χ0n) is 9.79. The normalized spacial score (nSPS) is 11.9. The number of nitrogens with zero attached hydrogens (tertiary/aromatic N) is 2. The summed E-state index contributed by atoms with van der Waals surface area (Å²) in [5.74, 6) is -0.192. The van der Waals surface area contributed by atoms with Gasteiger partial charge in [0.2, 0.25) is 5.91 Å². The molecule has 0 fully saturated rings. The molecule has 6 heteroatoms. The number of nitro groups is 1. The van der Waals surface area contributed by atoms with E-state index in [2.05, 4.69) is 0 Å². The van der Waals surface area contributed by atoms with Crippen LogP contribution in [0.3, 0.4) is 0 Å². The number of carbonyl (C=O) groups is 1. The summed E-state index contributed by atoms with van der Waals surface area (Å²) in [5, 5.41) is 10.6. The van der Waals surface area contributed by atoms with Crippen LogP contribution in [0.25, 0.3) is 0 Å². The zero-order chi connectivity index (χ0) is 13.0. The quantitative estimate of drug-likeness (QED) is 0.631. The van der Waals surface area contributed by atoms with Crippen LogP contribution in [0.4, 0.5) is 11.4 Å². The number of amides is 1. The lowest BCUT2D eigenvalue weighted by atomic mass is 10.2. The molecule has 17 heavy (non-hydrogen) atoms. The largest absolute Gasteiger partial charge is 0.326 e. The smallest absolute Gasteiger partial charge is 0.271 e. The average Bonchev–Trinajstić information content (AvgIpc) is 2.25. The number of rotatable bonds is 4. The van der Waals surface area contributed by atoms with Gasteiger partial charge in [0.15, 0.2) is 0 Å².